The van der Waals surface area contributed by atoms with Crippen LogP contribution in [0.3, 0.4) is 0 Å². The average Bonchev–Trinajstić information content (AvgIpc) is 3.11. The molecule has 1 rings (SSSR count). The number of carbonyl (C=O) groups is 2. The first-order valence-corrected chi connectivity index (χ1v) is 8.98. The van der Waals surface area contributed by atoms with Crippen molar-refractivity contribution in [1.82, 2.24) is 4.90 Å². The molecule has 0 saturated carbocycles. The Morgan fingerprint density at radius 2 is 1.81 bits per heavy atom. The zero-order chi connectivity index (χ0) is 21.3. The van der Waals surface area contributed by atoms with Crippen LogP contribution in [0.2, 0.25) is 0 Å². The minimum absolute atomic E-state index is 0.0417. The van der Waals surface area contributed by atoms with Crippen LogP contribution in [-0.2, 0) is 19.0 Å². The lowest BCUT2D eigenvalue weighted by atomic mass is 10.2. The van der Waals surface area contributed by atoms with Crippen molar-refractivity contribution >= 4 is 12.4 Å². The number of ether oxygens (including phenoxy) is 3. The lowest BCUT2D eigenvalue weighted by molar-refractivity contribution is -0.111. The fraction of sp³-hybridized carbons (Fsp3) is 0.619. The third kappa shape index (κ3) is 14.9. The zero-order valence-electron chi connectivity index (χ0n) is 18.0. The molecule has 1 fully saturated rings. The molecule has 0 bridgehead atoms. The van der Waals surface area contributed by atoms with E-state index >= 15 is 0 Å². The van der Waals surface area contributed by atoms with Crippen molar-refractivity contribution in [2.24, 2.45) is 0 Å². The number of nitrogens with zero attached hydrogens (tertiary/aromatic N) is 1. The van der Waals surface area contributed by atoms with Gasteiger partial charge in [-0.3, -0.25) is 4.90 Å². The van der Waals surface area contributed by atoms with Gasteiger partial charge in [-0.15, -0.1) is 0 Å². The Morgan fingerprint density at radius 3 is 2.22 bits per heavy atom. The minimum Gasteiger partial charge on any atom is -0.445 e. The third-order valence-corrected chi connectivity index (χ3v) is 3.43. The van der Waals surface area contributed by atoms with Gasteiger partial charge in [0.1, 0.15) is 12.9 Å². The van der Waals surface area contributed by atoms with Crippen molar-refractivity contribution in [2.45, 2.75) is 52.2 Å². The summed E-state index contributed by atoms with van der Waals surface area (Å²) in [4.78, 5) is 24.0. The molecule has 0 aromatic rings. The van der Waals surface area contributed by atoms with Crippen LogP contribution in [0.25, 0.3) is 0 Å². The highest BCUT2D eigenvalue weighted by molar-refractivity contribution is 5.74. The van der Waals surface area contributed by atoms with Gasteiger partial charge in [0.05, 0.1) is 11.6 Å². The van der Waals surface area contributed by atoms with Crippen LogP contribution in [0.5, 0.6) is 0 Å². The minimum atomic E-state index is -0.433. The highest BCUT2D eigenvalue weighted by atomic mass is 16.6. The lowest BCUT2D eigenvalue weighted by Gasteiger charge is -2.19. The maximum atomic E-state index is 11.8. The molecule has 0 aromatic heterocycles. The SMILES string of the molecule is C=C/C(=C\C=C/C)COC(=O)N1CCCC1C=O.COC.COC(C)(C)C. The number of allylic oxidation sites excluding steroid dienone is 3. The Hall–Kier alpha value is -1.92. The topological polar surface area (TPSA) is 65.1 Å². The van der Waals surface area contributed by atoms with Gasteiger partial charge in [-0.25, -0.2) is 4.79 Å². The molecule has 0 aromatic carbocycles. The summed E-state index contributed by atoms with van der Waals surface area (Å²) in [7, 11) is 4.96. The molecular weight excluding hydrogens is 346 g/mol. The number of likely N-dealkylation sites (tertiary alicyclic amines) is 1. The highest BCUT2D eigenvalue weighted by Gasteiger charge is 2.29. The van der Waals surface area contributed by atoms with E-state index in [0.717, 1.165) is 24.7 Å². The zero-order valence-corrected chi connectivity index (χ0v) is 18.0. The smallest absolute Gasteiger partial charge is 0.410 e. The van der Waals surface area contributed by atoms with E-state index in [1.54, 1.807) is 27.4 Å². The maximum Gasteiger partial charge on any atom is 0.410 e. The summed E-state index contributed by atoms with van der Waals surface area (Å²) in [6, 6.07) is -0.329. The second-order valence-corrected chi connectivity index (χ2v) is 6.79. The molecule has 1 heterocycles. The number of methoxy groups -OCH3 is 2. The van der Waals surface area contributed by atoms with Crippen molar-refractivity contribution in [1.29, 1.82) is 0 Å². The van der Waals surface area contributed by atoms with Crippen LogP contribution in [0.15, 0.2) is 36.5 Å². The second kappa shape index (κ2) is 16.3. The standard InChI is InChI=1S/C14H19NO3.C5H12O.C2H6O/c1-3-5-7-12(4-2)11-18-14(17)15-9-6-8-13(15)10-16;1-5(2,3)6-4;1-3-2/h3-5,7,10,13H,2,6,8-9,11H2,1H3;1-4H3;1-2H3/b5-3-,12-7+;;. The van der Waals surface area contributed by atoms with Crippen molar-refractivity contribution < 1.29 is 23.8 Å². The molecule has 0 radical (unpaired) electrons. The fourth-order valence-corrected chi connectivity index (χ4v) is 1.78. The van der Waals surface area contributed by atoms with Gasteiger partial charge in [0, 0.05) is 27.9 Å². The number of carbonyl (C=O) groups excluding carboxylic acids is 2. The van der Waals surface area contributed by atoms with Crippen molar-refractivity contribution in [3.8, 4) is 0 Å². The van der Waals surface area contributed by atoms with Crippen LogP contribution in [0.1, 0.15) is 40.5 Å². The van der Waals surface area contributed by atoms with E-state index in [1.165, 1.54) is 4.90 Å². The number of rotatable bonds is 5. The monoisotopic (exact) mass is 383 g/mol. The molecule has 6 heteroatoms. The van der Waals surface area contributed by atoms with E-state index in [2.05, 4.69) is 11.3 Å². The molecule has 156 valence electrons. The van der Waals surface area contributed by atoms with Crippen LogP contribution in [-0.4, -0.2) is 63.4 Å². The Morgan fingerprint density at radius 1 is 1.26 bits per heavy atom. The molecule has 1 amide bonds. The summed E-state index contributed by atoms with van der Waals surface area (Å²) < 4.78 is 14.4. The number of hydrogen-bond donors (Lipinski definition) is 0. The molecular formula is C21H37NO5. The summed E-state index contributed by atoms with van der Waals surface area (Å²) in [5.41, 5.74) is 0.864. The average molecular weight is 384 g/mol. The molecule has 0 spiro atoms. The fourth-order valence-electron chi connectivity index (χ4n) is 1.78. The Labute approximate surface area is 164 Å². The quantitative estimate of drug-likeness (QED) is 0.527. The van der Waals surface area contributed by atoms with Crippen LogP contribution < -0.4 is 0 Å². The second-order valence-electron chi connectivity index (χ2n) is 6.79. The predicted octanol–water partition coefficient (Wildman–Crippen LogP) is 4.17. The predicted molar refractivity (Wildman–Crippen MR) is 110 cm³/mol. The molecule has 1 unspecified atom stereocenters. The molecule has 27 heavy (non-hydrogen) atoms. The van der Waals surface area contributed by atoms with Crippen LogP contribution >= 0.6 is 0 Å². The molecule has 1 aliphatic rings. The molecule has 0 aliphatic carbocycles. The van der Waals surface area contributed by atoms with Gasteiger partial charge in [0.2, 0.25) is 0 Å². The third-order valence-electron chi connectivity index (χ3n) is 3.43. The van der Waals surface area contributed by atoms with Crippen molar-refractivity contribution in [3.63, 3.8) is 0 Å². The normalized spacial score (nSPS) is 16.8. The summed E-state index contributed by atoms with van der Waals surface area (Å²) in [5.74, 6) is 0. The van der Waals surface area contributed by atoms with Gasteiger partial charge >= 0.3 is 6.09 Å². The molecule has 6 nitrogen and oxygen atoms in total. The Balaban J connectivity index is 0. The molecule has 1 saturated heterocycles. The first-order chi connectivity index (χ1) is 12.7. The van der Waals surface area contributed by atoms with Crippen LogP contribution in [0, 0.1) is 0 Å². The molecule has 1 atom stereocenters. The Bertz CT molecular complexity index is 477. The van der Waals surface area contributed by atoms with Gasteiger partial charge in [-0.1, -0.05) is 30.9 Å². The van der Waals surface area contributed by atoms with E-state index in [-0.39, 0.29) is 18.2 Å². The molecule has 0 N–H and O–H groups in total. The number of hydrogen-bond acceptors (Lipinski definition) is 5. The van der Waals surface area contributed by atoms with Gasteiger partial charge in [-0.2, -0.15) is 0 Å². The molecule has 1 aliphatic heterocycles. The number of amides is 1. The van der Waals surface area contributed by atoms with Gasteiger partial charge in [-0.05, 0) is 46.1 Å². The lowest BCUT2D eigenvalue weighted by Crippen LogP contribution is -2.37. The maximum absolute atomic E-state index is 11.8. The number of aldehydes is 1. The van der Waals surface area contributed by atoms with E-state index in [4.69, 9.17) is 9.47 Å². The van der Waals surface area contributed by atoms with Crippen molar-refractivity contribution in [3.05, 3.63) is 36.5 Å². The van der Waals surface area contributed by atoms with Crippen LogP contribution in [0.4, 0.5) is 4.79 Å². The van der Waals surface area contributed by atoms with Gasteiger partial charge < -0.3 is 19.0 Å². The van der Waals surface area contributed by atoms with E-state index in [9.17, 15) is 9.59 Å². The van der Waals surface area contributed by atoms with E-state index < -0.39 is 6.09 Å². The highest BCUT2D eigenvalue weighted by Crippen LogP contribution is 2.16. The van der Waals surface area contributed by atoms with E-state index in [0.29, 0.717) is 6.54 Å². The first kappa shape index (κ1) is 27.3. The Kier molecular flexibility index (Phi) is 16.4. The summed E-state index contributed by atoms with van der Waals surface area (Å²) in [6.07, 6.45) is 9.16. The first-order valence-electron chi connectivity index (χ1n) is 8.98. The van der Waals surface area contributed by atoms with Crippen molar-refractivity contribution in [2.75, 3.05) is 34.5 Å². The summed E-state index contributed by atoms with van der Waals surface area (Å²) >= 11 is 0. The summed E-state index contributed by atoms with van der Waals surface area (Å²) in [5, 5.41) is 0. The van der Waals surface area contributed by atoms with E-state index in [1.807, 2.05) is 45.9 Å². The largest absolute Gasteiger partial charge is 0.445 e. The van der Waals surface area contributed by atoms with Gasteiger partial charge in [0.25, 0.3) is 0 Å². The summed E-state index contributed by atoms with van der Waals surface area (Å²) in [6.45, 7) is 12.4. The van der Waals surface area contributed by atoms with Gasteiger partial charge in [0.15, 0.2) is 0 Å².